The van der Waals surface area contributed by atoms with Crippen LogP contribution in [0.25, 0.3) is 0 Å². The molecule has 32 heavy (non-hydrogen) atoms. The number of allylic oxidation sites excluding steroid dienone is 1. The summed E-state index contributed by atoms with van der Waals surface area (Å²) in [6.07, 6.45) is 4.21. The average Bonchev–Trinajstić information content (AvgIpc) is 3.43. The maximum Gasteiger partial charge on any atom is 0.354 e. The number of nitrogens with two attached hydrogens (primary N) is 1. The van der Waals surface area contributed by atoms with Crippen molar-refractivity contribution in [1.29, 1.82) is 0 Å². The first kappa shape index (κ1) is 22.2. The number of hydrogen-bond donors (Lipinski definition) is 1. The van der Waals surface area contributed by atoms with Crippen LogP contribution in [0.2, 0.25) is 0 Å². The Morgan fingerprint density at radius 3 is 2.91 bits per heavy atom. The molecule has 0 radical (unpaired) electrons. The smallest absolute Gasteiger partial charge is 0.354 e. The van der Waals surface area contributed by atoms with E-state index >= 15 is 0 Å². The molecule has 4 rings (SSSR count). The fourth-order valence-electron chi connectivity index (χ4n) is 4.70. The second-order valence-electron chi connectivity index (χ2n) is 8.61. The number of fused-ring (bicyclic) bond motifs is 1. The fourth-order valence-corrected chi connectivity index (χ4v) is 4.70. The number of esters is 1. The summed E-state index contributed by atoms with van der Waals surface area (Å²) in [6.45, 7) is 4.46. The third-order valence-corrected chi connectivity index (χ3v) is 6.40. The predicted molar refractivity (Wildman–Crippen MR) is 115 cm³/mol. The molecular weight excluding hydrogens is 415 g/mol. The van der Waals surface area contributed by atoms with Gasteiger partial charge >= 0.3 is 5.97 Å². The van der Waals surface area contributed by atoms with Gasteiger partial charge in [0.05, 0.1) is 6.61 Å². The molecule has 172 valence electrons. The van der Waals surface area contributed by atoms with Gasteiger partial charge in [-0.15, -0.1) is 0 Å². The van der Waals surface area contributed by atoms with Gasteiger partial charge in [-0.05, 0) is 50.7 Å². The van der Waals surface area contributed by atoms with E-state index in [1.165, 1.54) is 18.3 Å². The van der Waals surface area contributed by atoms with Crippen molar-refractivity contribution < 1.29 is 23.5 Å². The minimum Gasteiger partial charge on any atom is -0.472 e. The van der Waals surface area contributed by atoms with Crippen LogP contribution in [0.4, 0.5) is 4.39 Å². The summed E-state index contributed by atoms with van der Waals surface area (Å²) in [5, 5.41) is 0. The van der Waals surface area contributed by atoms with E-state index in [4.69, 9.17) is 15.2 Å². The van der Waals surface area contributed by atoms with Gasteiger partial charge in [0.2, 0.25) is 5.91 Å². The summed E-state index contributed by atoms with van der Waals surface area (Å²) in [5.41, 5.74) is 7.70. The van der Waals surface area contributed by atoms with Crippen LogP contribution in [0, 0.1) is 17.7 Å². The van der Waals surface area contributed by atoms with Crippen LogP contribution in [-0.4, -0.2) is 59.3 Å². The molecule has 1 saturated heterocycles. The molecular formula is C23H29FN4O4. The van der Waals surface area contributed by atoms with E-state index < -0.39 is 11.8 Å². The van der Waals surface area contributed by atoms with E-state index in [1.54, 1.807) is 11.8 Å². The highest BCUT2D eigenvalue weighted by atomic mass is 19.1. The van der Waals surface area contributed by atoms with Gasteiger partial charge in [0, 0.05) is 42.9 Å². The highest BCUT2D eigenvalue weighted by Gasteiger charge is 2.50. The van der Waals surface area contributed by atoms with Crippen molar-refractivity contribution in [3.63, 3.8) is 0 Å². The molecule has 2 saturated carbocycles. The number of halogens is 1. The van der Waals surface area contributed by atoms with Crippen LogP contribution in [0.15, 0.2) is 34.6 Å². The normalized spacial score (nSPS) is 29.5. The lowest BCUT2D eigenvalue weighted by Gasteiger charge is -2.37. The lowest BCUT2D eigenvalue weighted by Crippen LogP contribution is -2.48. The van der Waals surface area contributed by atoms with E-state index in [0.717, 1.165) is 24.1 Å². The van der Waals surface area contributed by atoms with E-state index in [2.05, 4.69) is 9.98 Å². The molecule has 0 bridgehead atoms. The molecule has 1 amide bonds. The van der Waals surface area contributed by atoms with Crippen molar-refractivity contribution in [2.24, 2.45) is 22.6 Å². The first-order valence-corrected chi connectivity index (χ1v) is 11.2. The third kappa shape index (κ3) is 4.61. The van der Waals surface area contributed by atoms with Gasteiger partial charge in [-0.3, -0.25) is 9.79 Å². The lowest BCUT2D eigenvalue weighted by atomic mass is 10.0. The molecule has 0 aromatic carbocycles. The molecule has 2 aliphatic carbocycles. The summed E-state index contributed by atoms with van der Waals surface area (Å²) >= 11 is 0. The summed E-state index contributed by atoms with van der Waals surface area (Å²) in [5.74, 6) is -0.377. The van der Waals surface area contributed by atoms with Gasteiger partial charge in [-0.2, -0.15) is 0 Å². The number of nitrogens with zero attached hydrogens (tertiary/aromatic N) is 3. The van der Waals surface area contributed by atoms with Gasteiger partial charge in [-0.1, -0.05) is 0 Å². The number of hydrogen-bond acceptors (Lipinski definition) is 7. The molecule has 1 aromatic rings. The SMILES string of the molecule is CCOC(=O)/C(N)=C1/C(=NCC(=O)N2CC[C@@H](Oc3ncccc3F)C[C@H]2C)C[C@H]2C[C@@H]12. The molecule has 2 heterocycles. The van der Waals surface area contributed by atoms with Crippen molar-refractivity contribution >= 4 is 17.6 Å². The summed E-state index contributed by atoms with van der Waals surface area (Å²) in [4.78, 5) is 35.2. The molecule has 8 nitrogen and oxygen atoms in total. The van der Waals surface area contributed by atoms with Crippen LogP contribution < -0.4 is 10.5 Å². The molecule has 0 unspecified atom stereocenters. The Morgan fingerprint density at radius 1 is 1.38 bits per heavy atom. The Balaban J connectivity index is 1.36. The molecule has 1 aliphatic heterocycles. The summed E-state index contributed by atoms with van der Waals surface area (Å²) < 4.78 is 24.5. The quantitative estimate of drug-likeness (QED) is 0.533. The predicted octanol–water partition coefficient (Wildman–Crippen LogP) is 2.24. The van der Waals surface area contributed by atoms with Crippen LogP contribution in [0.5, 0.6) is 5.88 Å². The van der Waals surface area contributed by atoms with Gasteiger partial charge in [-0.25, -0.2) is 14.2 Å². The standard InChI is InChI=1S/C23H29FN4O4/c1-3-31-23(30)21(25)20-16-10-14(16)11-18(20)27-12-19(29)28-8-6-15(9-13(28)2)32-22-17(24)5-4-7-26-22/h4-5,7,13-16H,3,6,8-12,25H2,1-2H3/b21-20-,27-18?/t13-,14-,15-,16-/m1/s1. The average molecular weight is 445 g/mol. The zero-order chi connectivity index (χ0) is 22.8. The Labute approximate surface area is 186 Å². The maximum absolute atomic E-state index is 13.8. The van der Waals surface area contributed by atoms with Crippen LogP contribution in [0.1, 0.15) is 39.5 Å². The number of aromatic nitrogens is 1. The highest BCUT2D eigenvalue weighted by Crippen LogP contribution is 2.54. The van der Waals surface area contributed by atoms with Crippen molar-refractivity contribution in [3.05, 3.63) is 35.4 Å². The Bertz CT molecular complexity index is 963. The monoisotopic (exact) mass is 444 g/mol. The summed E-state index contributed by atoms with van der Waals surface area (Å²) in [6, 6.07) is 2.76. The Morgan fingerprint density at radius 2 is 2.19 bits per heavy atom. The van der Waals surface area contributed by atoms with Gasteiger partial charge < -0.3 is 20.1 Å². The zero-order valence-electron chi connectivity index (χ0n) is 18.4. The molecule has 0 spiro atoms. The molecule has 2 N–H and O–H groups in total. The third-order valence-electron chi connectivity index (χ3n) is 6.40. The number of pyridine rings is 1. The van der Waals surface area contributed by atoms with Gasteiger partial charge in [0.25, 0.3) is 5.88 Å². The maximum atomic E-state index is 13.8. The highest BCUT2D eigenvalue weighted by molar-refractivity contribution is 6.10. The second kappa shape index (κ2) is 9.26. The minimum absolute atomic E-state index is 0.00539. The van der Waals surface area contributed by atoms with Gasteiger partial charge in [0.15, 0.2) is 5.82 Å². The van der Waals surface area contributed by atoms with Crippen molar-refractivity contribution in [2.45, 2.75) is 51.7 Å². The van der Waals surface area contributed by atoms with E-state index in [9.17, 15) is 14.0 Å². The Kier molecular flexibility index (Phi) is 6.43. The van der Waals surface area contributed by atoms with E-state index in [-0.39, 0.29) is 48.7 Å². The Hall–Kier alpha value is -2.97. The fraction of sp³-hybridized carbons (Fsp3) is 0.565. The van der Waals surface area contributed by atoms with Gasteiger partial charge in [0.1, 0.15) is 18.3 Å². The van der Waals surface area contributed by atoms with Crippen LogP contribution in [0.3, 0.4) is 0 Å². The minimum atomic E-state index is -0.519. The number of amides is 1. The second-order valence-corrected chi connectivity index (χ2v) is 8.61. The number of piperidine rings is 1. The van der Waals surface area contributed by atoms with Crippen molar-refractivity contribution in [2.75, 3.05) is 19.7 Å². The zero-order valence-corrected chi connectivity index (χ0v) is 18.4. The number of carbonyl (C=O) groups is 2. The van der Waals surface area contributed by atoms with Crippen LogP contribution >= 0.6 is 0 Å². The molecule has 9 heteroatoms. The molecule has 4 atom stereocenters. The number of aliphatic imine (C=N–C) groups is 1. The summed E-state index contributed by atoms with van der Waals surface area (Å²) in [7, 11) is 0. The van der Waals surface area contributed by atoms with Crippen molar-refractivity contribution in [1.82, 2.24) is 9.88 Å². The largest absolute Gasteiger partial charge is 0.472 e. The molecule has 3 fully saturated rings. The van der Waals surface area contributed by atoms with E-state index in [0.29, 0.717) is 25.3 Å². The van der Waals surface area contributed by atoms with Crippen LogP contribution in [-0.2, 0) is 14.3 Å². The molecule has 1 aromatic heterocycles. The first-order chi connectivity index (χ1) is 15.4. The number of carbonyl (C=O) groups excluding carboxylic acids is 2. The van der Waals surface area contributed by atoms with E-state index in [1.807, 2.05) is 6.92 Å². The topological polar surface area (TPSA) is 107 Å². The molecule has 3 aliphatic rings. The van der Waals surface area contributed by atoms with Crippen molar-refractivity contribution in [3.8, 4) is 5.88 Å². The first-order valence-electron chi connectivity index (χ1n) is 11.2. The lowest BCUT2D eigenvalue weighted by molar-refractivity contribution is -0.138. The number of rotatable bonds is 6. The number of likely N-dealkylation sites (tertiary alicyclic amines) is 1. The number of ether oxygens (including phenoxy) is 2.